The third-order valence-electron chi connectivity index (χ3n) is 4.21. The molecule has 0 radical (unpaired) electrons. The van der Waals surface area contributed by atoms with Gasteiger partial charge in [0, 0.05) is 22.4 Å². The van der Waals surface area contributed by atoms with Gasteiger partial charge in [-0.2, -0.15) is 0 Å². The van der Waals surface area contributed by atoms with Crippen molar-refractivity contribution in [2.45, 2.75) is 37.7 Å². The number of hydrogen-bond acceptors (Lipinski definition) is 7. The van der Waals surface area contributed by atoms with Crippen LogP contribution in [0.15, 0.2) is 56.8 Å². The van der Waals surface area contributed by atoms with Gasteiger partial charge in [0.05, 0.1) is 11.8 Å². The van der Waals surface area contributed by atoms with Crippen LogP contribution in [0.3, 0.4) is 0 Å². The van der Waals surface area contributed by atoms with Crippen molar-refractivity contribution in [2.75, 3.05) is 0 Å². The minimum absolute atomic E-state index is 0.485. The van der Waals surface area contributed by atoms with Crippen LogP contribution in [0, 0.1) is 6.92 Å². The van der Waals surface area contributed by atoms with Crippen LogP contribution in [0.5, 0.6) is 0 Å². The third kappa shape index (κ3) is 3.99. The van der Waals surface area contributed by atoms with Crippen molar-refractivity contribution < 1.29 is 8.83 Å². The number of nitrogens with zero attached hydrogens (tertiary/aromatic N) is 3. The lowest BCUT2D eigenvalue weighted by atomic mass is 10.0. The van der Waals surface area contributed by atoms with Gasteiger partial charge in [-0.3, -0.25) is 0 Å². The van der Waals surface area contributed by atoms with Gasteiger partial charge in [-0.15, -0.1) is 21.5 Å². The molecule has 3 heterocycles. The number of aryl methyl sites for hydroxylation is 1. The van der Waals surface area contributed by atoms with E-state index in [1.807, 2.05) is 19.2 Å². The second-order valence-electron chi connectivity index (χ2n) is 6.46. The normalized spacial score (nSPS) is 11.4. The third-order valence-corrected chi connectivity index (χ3v) is 6.31. The molecule has 0 saturated heterocycles. The van der Waals surface area contributed by atoms with E-state index in [9.17, 15) is 0 Å². The molecule has 4 rings (SSSR count). The van der Waals surface area contributed by atoms with E-state index in [2.05, 4.69) is 53.3 Å². The van der Waals surface area contributed by atoms with Gasteiger partial charge < -0.3 is 8.83 Å². The highest BCUT2D eigenvalue weighted by atomic mass is 32.2. The quantitative estimate of drug-likeness (QED) is 0.362. The fourth-order valence-corrected chi connectivity index (χ4v) is 4.34. The number of thiazole rings is 1. The maximum atomic E-state index is 5.72. The minimum Gasteiger partial charge on any atom is -0.469 e. The number of rotatable bonds is 6. The number of benzene rings is 1. The molecule has 0 fully saturated rings. The molecular weight excluding hydrogens is 378 g/mol. The molecule has 0 spiro atoms. The molecule has 0 saturated carbocycles. The lowest BCUT2D eigenvalue weighted by molar-refractivity contribution is 0.463. The lowest BCUT2D eigenvalue weighted by Crippen LogP contribution is -1.86. The van der Waals surface area contributed by atoms with Crippen LogP contribution >= 0.6 is 23.1 Å². The minimum atomic E-state index is 0.485. The molecule has 138 valence electrons. The van der Waals surface area contributed by atoms with E-state index >= 15 is 0 Å². The van der Waals surface area contributed by atoms with Gasteiger partial charge in [0.2, 0.25) is 0 Å². The Hall–Kier alpha value is -2.38. The monoisotopic (exact) mass is 397 g/mol. The van der Waals surface area contributed by atoms with Crippen molar-refractivity contribution in [3.8, 4) is 22.0 Å². The van der Waals surface area contributed by atoms with Crippen molar-refractivity contribution in [3.63, 3.8) is 0 Å². The van der Waals surface area contributed by atoms with E-state index in [1.54, 1.807) is 17.6 Å². The first-order valence-corrected chi connectivity index (χ1v) is 10.5. The molecule has 5 nitrogen and oxygen atoms in total. The Labute approximate surface area is 165 Å². The smallest absolute Gasteiger partial charge is 0.277 e. The zero-order valence-electron chi connectivity index (χ0n) is 15.3. The summed E-state index contributed by atoms with van der Waals surface area (Å²) in [7, 11) is 0. The average molecular weight is 398 g/mol. The van der Waals surface area contributed by atoms with Crippen LogP contribution < -0.4 is 0 Å². The molecule has 0 bridgehead atoms. The zero-order valence-corrected chi connectivity index (χ0v) is 16.9. The summed E-state index contributed by atoms with van der Waals surface area (Å²) in [4.78, 5) is 5.73. The Bertz CT molecular complexity index is 1030. The molecule has 0 N–H and O–H groups in total. The largest absolute Gasteiger partial charge is 0.469 e. The van der Waals surface area contributed by atoms with Gasteiger partial charge in [-0.25, -0.2) is 4.98 Å². The maximum absolute atomic E-state index is 5.72. The SMILES string of the molecule is Cc1occc1-c1nnc(SCc2cnc(-c3ccc(C(C)C)cc3)s2)o1. The predicted molar refractivity (Wildman–Crippen MR) is 108 cm³/mol. The summed E-state index contributed by atoms with van der Waals surface area (Å²) in [5.41, 5.74) is 3.32. The topological polar surface area (TPSA) is 65.0 Å². The number of furan rings is 1. The Balaban J connectivity index is 1.41. The summed E-state index contributed by atoms with van der Waals surface area (Å²) in [5, 5.41) is 9.78. The van der Waals surface area contributed by atoms with Crippen LogP contribution in [0.4, 0.5) is 0 Å². The summed E-state index contributed by atoms with van der Waals surface area (Å²) >= 11 is 3.20. The molecular formula is C20H19N3O2S2. The van der Waals surface area contributed by atoms with Gasteiger partial charge >= 0.3 is 0 Å². The molecule has 4 aromatic rings. The highest BCUT2D eigenvalue weighted by Crippen LogP contribution is 2.32. The van der Waals surface area contributed by atoms with Crippen molar-refractivity contribution in [1.82, 2.24) is 15.2 Å². The molecule has 0 aliphatic rings. The fraction of sp³-hybridized carbons (Fsp3) is 0.250. The van der Waals surface area contributed by atoms with Crippen molar-refractivity contribution in [3.05, 3.63) is 59.0 Å². The lowest BCUT2D eigenvalue weighted by Gasteiger charge is -2.05. The van der Waals surface area contributed by atoms with Gasteiger partial charge in [0.1, 0.15) is 10.8 Å². The van der Waals surface area contributed by atoms with Gasteiger partial charge in [0.15, 0.2) is 0 Å². The first-order valence-electron chi connectivity index (χ1n) is 8.66. The van der Waals surface area contributed by atoms with E-state index in [4.69, 9.17) is 8.83 Å². The van der Waals surface area contributed by atoms with Crippen LogP contribution in [0.1, 0.15) is 36.0 Å². The summed E-state index contributed by atoms with van der Waals surface area (Å²) in [6.45, 7) is 6.27. The Morgan fingerprint density at radius 3 is 2.63 bits per heavy atom. The number of thioether (sulfide) groups is 1. The maximum Gasteiger partial charge on any atom is 0.277 e. The van der Waals surface area contributed by atoms with Crippen molar-refractivity contribution in [1.29, 1.82) is 0 Å². The molecule has 0 aliphatic heterocycles. The number of hydrogen-bond donors (Lipinski definition) is 0. The van der Waals surface area contributed by atoms with Gasteiger partial charge in [-0.1, -0.05) is 49.9 Å². The Kier molecular flexibility index (Phi) is 5.13. The predicted octanol–water partition coefficient (Wildman–Crippen LogP) is 6.18. The van der Waals surface area contributed by atoms with Crippen LogP contribution in [-0.2, 0) is 5.75 Å². The van der Waals surface area contributed by atoms with E-state index in [-0.39, 0.29) is 0 Å². The van der Waals surface area contributed by atoms with Gasteiger partial charge in [0.25, 0.3) is 11.1 Å². The van der Waals surface area contributed by atoms with E-state index < -0.39 is 0 Å². The van der Waals surface area contributed by atoms with Gasteiger partial charge in [-0.05, 0) is 24.5 Å². The van der Waals surface area contributed by atoms with E-state index in [0.29, 0.717) is 17.0 Å². The second kappa shape index (κ2) is 7.70. The van der Waals surface area contributed by atoms with E-state index in [0.717, 1.165) is 27.6 Å². The summed E-state index contributed by atoms with van der Waals surface area (Å²) in [6.07, 6.45) is 3.54. The van der Waals surface area contributed by atoms with Crippen LogP contribution in [-0.4, -0.2) is 15.2 Å². The molecule has 3 aromatic heterocycles. The summed E-state index contributed by atoms with van der Waals surface area (Å²) < 4.78 is 11.0. The highest BCUT2D eigenvalue weighted by molar-refractivity contribution is 7.98. The molecule has 0 unspecified atom stereocenters. The second-order valence-corrected chi connectivity index (χ2v) is 8.50. The number of aromatic nitrogens is 3. The molecule has 27 heavy (non-hydrogen) atoms. The molecule has 7 heteroatoms. The zero-order chi connectivity index (χ0) is 18.8. The Morgan fingerprint density at radius 1 is 1.11 bits per heavy atom. The standard InChI is InChI=1S/C20H19N3O2S2/c1-12(2)14-4-6-15(7-5-14)19-21-10-16(27-19)11-26-20-23-22-18(25-20)17-8-9-24-13(17)3/h4-10,12H,11H2,1-3H3. The molecule has 0 atom stereocenters. The Morgan fingerprint density at radius 2 is 1.93 bits per heavy atom. The average Bonchev–Trinajstić information content (AvgIpc) is 3.40. The first-order chi connectivity index (χ1) is 13.1. The van der Waals surface area contributed by atoms with E-state index in [1.165, 1.54) is 22.2 Å². The first kappa shape index (κ1) is 18.0. The van der Waals surface area contributed by atoms with Crippen molar-refractivity contribution >= 4 is 23.1 Å². The van der Waals surface area contributed by atoms with Crippen LogP contribution in [0.2, 0.25) is 0 Å². The van der Waals surface area contributed by atoms with Crippen molar-refractivity contribution in [2.24, 2.45) is 0 Å². The summed E-state index contributed by atoms with van der Waals surface area (Å²) in [5.74, 6) is 2.53. The van der Waals surface area contributed by atoms with Crippen LogP contribution in [0.25, 0.3) is 22.0 Å². The highest BCUT2D eigenvalue weighted by Gasteiger charge is 2.14. The fourth-order valence-electron chi connectivity index (χ4n) is 2.63. The summed E-state index contributed by atoms with van der Waals surface area (Å²) in [6, 6.07) is 10.5. The molecule has 0 aliphatic carbocycles. The molecule has 0 amide bonds. The molecule has 1 aromatic carbocycles.